The number of anilines is 1. The molecule has 0 saturated carbocycles. The predicted octanol–water partition coefficient (Wildman–Crippen LogP) is 3.22. The smallest absolute Gasteiger partial charge is 0.258 e. The molecule has 2 aromatic carbocycles. The van der Waals surface area contributed by atoms with E-state index in [4.69, 9.17) is 4.74 Å². The SMILES string of the molecule is Cl.N#Cc1cc(F)ccc1-n1cc(C(=O)Nc2ccc(C3CNCCO3)cc2)cn1. The van der Waals surface area contributed by atoms with Crippen LogP contribution in [0.3, 0.4) is 0 Å². The van der Waals surface area contributed by atoms with Crippen LogP contribution in [0.25, 0.3) is 5.69 Å². The summed E-state index contributed by atoms with van der Waals surface area (Å²) in [6.07, 6.45) is 2.91. The minimum atomic E-state index is -0.506. The van der Waals surface area contributed by atoms with Gasteiger partial charge in [0.25, 0.3) is 5.91 Å². The van der Waals surface area contributed by atoms with Crippen molar-refractivity contribution in [1.29, 1.82) is 5.26 Å². The third-order valence-electron chi connectivity index (χ3n) is 4.64. The Morgan fingerprint density at radius 1 is 1.30 bits per heavy atom. The molecule has 0 bridgehead atoms. The summed E-state index contributed by atoms with van der Waals surface area (Å²) in [4.78, 5) is 12.5. The van der Waals surface area contributed by atoms with Gasteiger partial charge in [-0.1, -0.05) is 12.1 Å². The summed E-state index contributed by atoms with van der Waals surface area (Å²) < 4.78 is 20.4. The van der Waals surface area contributed by atoms with Gasteiger partial charge in [-0.3, -0.25) is 4.79 Å². The molecule has 1 aliphatic heterocycles. The van der Waals surface area contributed by atoms with Crippen molar-refractivity contribution in [2.45, 2.75) is 6.10 Å². The summed E-state index contributed by atoms with van der Waals surface area (Å²) in [6, 6.07) is 13.2. The molecule has 0 radical (unpaired) electrons. The lowest BCUT2D eigenvalue weighted by Gasteiger charge is -2.24. The number of carbonyl (C=O) groups is 1. The number of nitriles is 1. The number of morpholine rings is 1. The number of aromatic nitrogens is 2. The number of rotatable bonds is 4. The van der Waals surface area contributed by atoms with E-state index < -0.39 is 5.82 Å². The van der Waals surface area contributed by atoms with Crippen LogP contribution in [-0.4, -0.2) is 35.4 Å². The van der Waals surface area contributed by atoms with Crippen molar-refractivity contribution in [3.05, 3.63) is 77.4 Å². The molecule has 1 unspecified atom stereocenters. The fourth-order valence-electron chi connectivity index (χ4n) is 3.13. The van der Waals surface area contributed by atoms with E-state index in [1.807, 2.05) is 30.3 Å². The molecule has 1 aliphatic rings. The third kappa shape index (κ3) is 4.66. The highest BCUT2D eigenvalue weighted by atomic mass is 35.5. The van der Waals surface area contributed by atoms with Gasteiger partial charge in [-0.2, -0.15) is 10.4 Å². The van der Waals surface area contributed by atoms with Gasteiger partial charge in [0.2, 0.25) is 0 Å². The minimum Gasteiger partial charge on any atom is -0.371 e. The van der Waals surface area contributed by atoms with Crippen LogP contribution in [0.4, 0.5) is 10.1 Å². The maximum absolute atomic E-state index is 13.3. The van der Waals surface area contributed by atoms with E-state index in [1.54, 1.807) is 0 Å². The van der Waals surface area contributed by atoms with E-state index in [2.05, 4.69) is 15.7 Å². The largest absolute Gasteiger partial charge is 0.371 e. The molecular weight excluding hydrogens is 409 g/mol. The average molecular weight is 428 g/mol. The van der Waals surface area contributed by atoms with Crippen LogP contribution in [0, 0.1) is 17.1 Å². The third-order valence-corrected chi connectivity index (χ3v) is 4.64. The van der Waals surface area contributed by atoms with E-state index in [-0.39, 0.29) is 30.0 Å². The zero-order valence-corrected chi connectivity index (χ0v) is 16.7. The highest BCUT2D eigenvalue weighted by molar-refractivity contribution is 6.04. The Bertz CT molecular complexity index is 1070. The van der Waals surface area contributed by atoms with Gasteiger partial charge in [0.05, 0.1) is 35.7 Å². The predicted molar refractivity (Wildman–Crippen MR) is 111 cm³/mol. The molecule has 1 saturated heterocycles. The van der Waals surface area contributed by atoms with Gasteiger partial charge in [-0.05, 0) is 35.9 Å². The first-order valence-electron chi connectivity index (χ1n) is 9.12. The van der Waals surface area contributed by atoms with Crippen LogP contribution in [0.1, 0.15) is 27.6 Å². The summed E-state index contributed by atoms with van der Waals surface area (Å²) in [6.45, 7) is 2.29. The average Bonchev–Trinajstić information content (AvgIpc) is 3.25. The van der Waals surface area contributed by atoms with Crippen molar-refractivity contribution >= 4 is 24.0 Å². The Hall–Kier alpha value is -3.25. The number of hydrogen-bond donors (Lipinski definition) is 2. The summed E-state index contributed by atoms with van der Waals surface area (Å²) in [5.74, 6) is -0.839. The van der Waals surface area contributed by atoms with Crippen molar-refractivity contribution in [2.24, 2.45) is 0 Å². The quantitative estimate of drug-likeness (QED) is 0.667. The molecule has 4 rings (SSSR count). The topological polar surface area (TPSA) is 92.0 Å². The second-order valence-corrected chi connectivity index (χ2v) is 6.59. The molecule has 0 aliphatic carbocycles. The van der Waals surface area contributed by atoms with Gasteiger partial charge in [-0.15, -0.1) is 12.4 Å². The molecule has 9 heteroatoms. The van der Waals surface area contributed by atoms with Gasteiger partial charge in [0, 0.05) is 25.0 Å². The summed E-state index contributed by atoms with van der Waals surface area (Å²) in [7, 11) is 0. The lowest BCUT2D eigenvalue weighted by molar-refractivity contribution is 0.0277. The van der Waals surface area contributed by atoms with Crippen LogP contribution in [0.2, 0.25) is 0 Å². The number of hydrogen-bond acceptors (Lipinski definition) is 5. The molecule has 2 heterocycles. The van der Waals surface area contributed by atoms with Crippen LogP contribution in [0.15, 0.2) is 54.9 Å². The van der Waals surface area contributed by atoms with Gasteiger partial charge in [0.1, 0.15) is 11.9 Å². The van der Waals surface area contributed by atoms with Gasteiger partial charge in [-0.25, -0.2) is 9.07 Å². The summed E-state index contributed by atoms with van der Waals surface area (Å²) in [5.41, 5.74) is 2.55. The molecule has 0 spiro atoms. The van der Waals surface area contributed by atoms with Crippen molar-refractivity contribution in [3.8, 4) is 11.8 Å². The highest BCUT2D eigenvalue weighted by Gasteiger charge is 2.16. The lowest BCUT2D eigenvalue weighted by atomic mass is 10.1. The molecule has 3 aromatic rings. The number of nitrogens with zero attached hydrogens (tertiary/aromatic N) is 3. The van der Waals surface area contributed by atoms with Crippen LogP contribution in [0.5, 0.6) is 0 Å². The Balaban J connectivity index is 0.00000256. The Labute approximate surface area is 178 Å². The van der Waals surface area contributed by atoms with E-state index in [0.717, 1.165) is 24.7 Å². The monoisotopic (exact) mass is 427 g/mol. The first-order chi connectivity index (χ1) is 14.1. The number of halogens is 2. The Morgan fingerprint density at radius 3 is 2.80 bits per heavy atom. The first kappa shape index (κ1) is 21.5. The standard InChI is InChI=1S/C21H18FN5O2.ClH/c22-17-3-6-19(15(9-17)10-23)27-13-16(11-25-27)21(28)26-18-4-1-14(2-5-18)20-12-24-7-8-29-20;/h1-6,9,11,13,20,24H,7-8,12H2,(H,26,28);1H. The number of benzene rings is 2. The van der Waals surface area contributed by atoms with Crippen molar-refractivity contribution in [3.63, 3.8) is 0 Å². The minimum absolute atomic E-state index is 0. The van der Waals surface area contributed by atoms with E-state index in [1.165, 1.54) is 29.2 Å². The van der Waals surface area contributed by atoms with Crippen LogP contribution < -0.4 is 10.6 Å². The molecule has 154 valence electrons. The molecular formula is C21H19ClFN5O2. The van der Waals surface area contributed by atoms with E-state index >= 15 is 0 Å². The lowest BCUT2D eigenvalue weighted by Crippen LogP contribution is -2.33. The van der Waals surface area contributed by atoms with Gasteiger partial charge < -0.3 is 15.4 Å². The molecule has 2 N–H and O–H groups in total. The molecule has 1 atom stereocenters. The Kier molecular flexibility index (Phi) is 6.79. The Morgan fingerprint density at radius 2 is 2.10 bits per heavy atom. The van der Waals surface area contributed by atoms with Crippen molar-refractivity contribution in [1.82, 2.24) is 15.1 Å². The van der Waals surface area contributed by atoms with E-state index in [9.17, 15) is 14.4 Å². The molecule has 1 fully saturated rings. The number of amides is 1. The summed E-state index contributed by atoms with van der Waals surface area (Å²) in [5, 5.41) is 19.4. The molecule has 7 nitrogen and oxygen atoms in total. The maximum atomic E-state index is 13.3. The van der Waals surface area contributed by atoms with Crippen molar-refractivity contribution < 1.29 is 13.9 Å². The number of ether oxygens (including phenoxy) is 1. The van der Waals surface area contributed by atoms with Gasteiger partial charge >= 0.3 is 0 Å². The number of nitrogens with one attached hydrogen (secondary N) is 2. The number of carbonyl (C=O) groups excluding carboxylic acids is 1. The zero-order valence-electron chi connectivity index (χ0n) is 15.8. The first-order valence-corrected chi connectivity index (χ1v) is 9.12. The van der Waals surface area contributed by atoms with E-state index in [0.29, 0.717) is 23.5 Å². The van der Waals surface area contributed by atoms with Crippen molar-refractivity contribution in [2.75, 3.05) is 25.0 Å². The molecule has 1 amide bonds. The summed E-state index contributed by atoms with van der Waals surface area (Å²) >= 11 is 0. The highest BCUT2D eigenvalue weighted by Crippen LogP contribution is 2.21. The molecule has 30 heavy (non-hydrogen) atoms. The second kappa shape index (κ2) is 9.50. The fourth-order valence-corrected chi connectivity index (χ4v) is 3.13. The van der Waals surface area contributed by atoms with Crippen LogP contribution in [-0.2, 0) is 4.74 Å². The van der Waals surface area contributed by atoms with Crippen LogP contribution >= 0.6 is 12.4 Å². The zero-order chi connectivity index (χ0) is 20.2. The molecule has 1 aromatic heterocycles. The second-order valence-electron chi connectivity index (χ2n) is 6.59. The normalized spacial score (nSPS) is 15.7. The fraction of sp³-hybridized carbons (Fsp3) is 0.190. The van der Waals surface area contributed by atoms with Gasteiger partial charge in [0.15, 0.2) is 0 Å². The maximum Gasteiger partial charge on any atom is 0.258 e.